The van der Waals surface area contributed by atoms with Gasteiger partial charge in [-0.25, -0.2) is 19.3 Å². The number of halogens is 4. The lowest BCUT2D eigenvalue weighted by Crippen LogP contribution is -2.09. The van der Waals surface area contributed by atoms with Crippen LogP contribution in [0, 0.1) is 5.82 Å². The van der Waals surface area contributed by atoms with Crippen LogP contribution in [0.15, 0.2) is 30.9 Å². The minimum atomic E-state index is -4.52. The van der Waals surface area contributed by atoms with Crippen molar-refractivity contribution >= 4 is 17.0 Å². The SMILES string of the molecule is Fc1ccc(C(F)(F)F)cc1CNc1ncnc2nc[nH]c12. The molecule has 1 aromatic carbocycles. The van der Waals surface area contributed by atoms with E-state index in [0.29, 0.717) is 23.0 Å². The van der Waals surface area contributed by atoms with Gasteiger partial charge in [-0.2, -0.15) is 13.2 Å². The van der Waals surface area contributed by atoms with Gasteiger partial charge in [0.05, 0.1) is 11.9 Å². The number of hydrogen-bond donors (Lipinski definition) is 2. The second-order valence-electron chi connectivity index (χ2n) is 4.48. The first-order valence-corrected chi connectivity index (χ1v) is 6.19. The molecule has 3 aromatic rings. The van der Waals surface area contributed by atoms with Crippen LogP contribution in [-0.4, -0.2) is 19.9 Å². The van der Waals surface area contributed by atoms with Crippen LogP contribution in [-0.2, 0) is 12.7 Å². The Labute approximate surface area is 121 Å². The summed E-state index contributed by atoms with van der Waals surface area (Å²) in [5.41, 5.74) is -0.113. The molecule has 2 N–H and O–H groups in total. The highest BCUT2D eigenvalue weighted by atomic mass is 19.4. The van der Waals surface area contributed by atoms with E-state index in [9.17, 15) is 17.6 Å². The third-order valence-corrected chi connectivity index (χ3v) is 3.04. The van der Waals surface area contributed by atoms with Crippen molar-refractivity contribution in [2.75, 3.05) is 5.32 Å². The molecular weight excluding hydrogens is 302 g/mol. The molecule has 0 aliphatic heterocycles. The fourth-order valence-corrected chi connectivity index (χ4v) is 1.96. The largest absolute Gasteiger partial charge is 0.416 e. The fourth-order valence-electron chi connectivity index (χ4n) is 1.96. The van der Waals surface area contributed by atoms with Crippen molar-refractivity contribution in [2.45, 2.75) is 12.7 Å². The molecule has 0 saturated heterocycles. The number of aromatic nitrogens is 4. The predicted molar refractivity (Wildman–Crippen MR) is 70.4 cm³/mol. The van der Waals surface area contributed by atoms with Crippen LogP contribution in [0.2, 0.25) is 0 Å². The smallest absolute Gasteiger partial charge is 0.364 e. The Bertz CT molecular complexity index is 812. The zero-order valence-electron chi connectivity index (χ0n) is 10.9. The maximum atomic E-state index is 13.7. The van der Waals surface area contributed by atoms with Gasteiger partial charge in [-0.15, -0.1) is 0 Å². The van der Waals surface area contributed by atoms with Gasteiger partial charge in [0.25, 0.3) is 0 Å². The maximum Gasteiger partial charge on any atom is 0.416 e. The lowest BCUT2D eigenvalue weighted by atomic mass is 10.1. The van der Waals surface area contributed by atoms with Crippen LogP contribution in [0.4, 0.5) is 23.4 Å². The average Bonchev–Trinajstić information content (AvgIpc) is 2.94. The second kappa shape index (κ2) is 5.24. The Morgan fingerprint density at radius 3 is 2.73 bits per heavy atom. The topological polar surface area (TPSA) is 66.5 Å². The van der Waals surface area contributed by atoms with E-state index >= 15 is 0 Å². The van der Waals surface area contributed by atoms with Crippen LogP contribution in [0.5, 0.6) is 0 Å². The number of H-pyrrole nitrogens is 1. The first-order valence-electron chi connectivity index (χ1n) is 6.19. The summed E-state index contributed by atoms with van der Waals surface area (Å²) in [6, 6.07) is 2.27. The number of alkyl halides is 3. The zero-order valence-corrected chi connectivity index (χ0v) is 10.9. The number of anilines is 1. The monoisotopic (exact) mass is 311 g/mol. The molecule has 0 fully saturated rings. The number of nitrogens with zero attached hydrogens (tertiary/aromatic N) is 3. The van der Waals surface area contributed by atoms with Crippen molar-refractivity contribution in [2.24, 2.45) is 0 Å². The van der Waals surface area contributed by atoms with E-state index in [4.69, 9.17) is 0 Å². The molecule has 2 heterocycles. The normalized spacial score (nSPS) is 11.8. The molecule has 0 amide bonds. The second-order valence-corrected chi connectivity index (χ2v) is 4.48. The zero-order chi connectivity index (χ0) is 15.7. The molecule has 0 spiro atoms. The summed E-state index contributed by atoms with van der Waals surface area (Å²) in [7, 11) is 0. The van der Waals surface area contributed by atoms with Gasteiger partial charge in [-0.3, -0.25) is 0 Å². The fraction of sp³-hybridized carbons (Fsp3) is 0.154. The van der Waals surface area contributed by atoms with Crippen LogP contribution in [0.1, 0.15) is 11.1 Å². The lowest BCUT2D eigenvalue weighted by Gasteiger charge is -2.11. The number of rotatable bonds is 3. The average molecular weight is 311 g/mol. The summed E-state index contributed by atoms with van der Waals surface area (Å²) >= 11 is 0. The van der Waals surface area contributed by atoms with Crippen molar-refractivity contribution in [1.29, 1.82) is 0 Å². The summed E-state index contributed by atoms with van der Waals surface area (Å²) in [5.74, 6) is -0.394. The van der Waals surface area contributed by atoms with Crippen molar-refractivity contribution in [1.82, 2.24) is 19.9 Å². The minimum absolute atomic E-state index is 0.110. The molecule has 114 valence electrons. The third kappa shape index (κ3) is 2.69. The third-order valence-electron chi connectivity index (χ3n) is 3.04. The molecule has 0 aliphatic carbocycles. The summed E-state index contributed by atoms with van der Waals surface area (Å²) in [4.78, 5) is 14.6. The Kier molecular flexibility index (Phi) is 3.39. The summed E-state index contributed by atoms with van der Waals surface area (Å²) in [6.07, 6.45) is -1.85. The van der Waals surface area contributed by atoms with Gasteiger partial charge >= 0.3 is 6.18 Å². The summed E-state index contributed by atoms with van der Waals surface area (Å²) < 4.78 is 51.6. The van der Waals surface area contributed by atoms with E-state index in [1.165, 1.54) is 12.7 Å². The van der Waals surface area contributed by atoms with E-state index in [1.807, 2.05) is 0 Å². The van der Waals surface area contributed by atoms with E-state index in [-0.39, 0.29) is 12.1 Å². The minimum Gasteiger partial charge on any atom is -0.364 e. The van der Waals surface area contributed by atoms with Gasteiger partial charge in [0.2, 0.25) is 0 Å². The number of fused-ring (bicyclic) bond motifs is 1. The first kappa shape index (κ1) is 14.2. The van der Waals surface area contributed by atoms with Crippen LogP contribution < -0.4 is 5.32 Å². The van der Waals surface area contributed by atoms with Gasteiger partial charge in [0, 0.05) is 12.1 Å². The molecule has 0 saturated carbocycles. The van der Waals surface area contributed by atoms with Crippen molar-refractivity contribution < 1.29 is 17.6 Å². The van der Waals surface area contributed by atoms with Gasteiger partial charge in [-0.05, 0) is 18.2 Å². The van der Waals surface area contributed by atoms with E-state index in [2.05, 4.69) is 25.3 Å². The number of hydrogen-bond acceptors (Lipinski definition) is 4. The van der Waals surface area contributed by atoms with Crippen LogP contribution in [0.3, 0.4) is 0 Å². The van der Waals surface area contributed by atoms with Gasteiger partial charge < -0.3 is 10.3 Å². The standard InChI is InChI=1S/C13H9F4N5/c14-9-2-1-8(13(15,16)17)3-7(9)4-18-11-10-12(20-5-19-10)22-6-21-11/h1-3,5-6H,4H2,(H2,18,19,20,21,22). The number of benzene rings is 1. The Morgan fingerprint density at radius 1 is 1.14 bits per heavy atom. The van der Waals surface area contributed by atoms with Gasteiger partial charge in [0.15, 0.2) is 11.5 Å². The van der Waals surface area contributed by atoms with E-state index < -0.39 is 17.6 Å². The van der Waals surface area contributed by atoms with Crippen molar-refractivity contribution in [3.05, 3.63) is 47.8 Å². The van der Waals surface area contributed by atoms with Gasteiger partial charge in [0.1, 0.15) is 17.7 Å². The molecule has 0 bridgehead atoms. The number of aromatic amines is 1. The molecular formula is C13H9F4N5. The highest BCUT2D eigenvalue weighted by Crippen LogP contribution is 2.30. The maximum absolute atomic E-state index is 13.7. The molecule has 5 nitrogen and oxygen atoms in total. The van der Waals surface area contributed by atoms with E-state index in [1.54, 1.807) is 0 Å². The highest BCUT2D eigenvalue weighted by molar-refractivity contribution is 5.81. The van der Waals surface area contributed by atoms with Crippen LogP contribution in [0.25, 0.3) is 11.2 Å². The summed E-state index contributed by atoms with van der Waals surface area (Å²) in [5, 5.41) is 2.78. The highest BCUT2D eigenvalue weighted by Gasteiger charge is 2.31. The molecule has 0 aliphatic rings. The molecule has 9 heteroatoms. The predicted octanol–water partition coefficient (Wildman–Crippen LogP) is 3.12. The van der Waals surface area contributed by atoms with Crippen molar-refractivity contribution in [3.8, 4) is 0 Å². The number of imidazole rings is 1. The number of nitrogens with one attached hydrogen (secondary N) is 2. The molecule has 0 unspecified atom stereocenters. The first-order chi connectivity index (χ1) is 10.4. The summed E-state index contributed by atoms with van der Waals surface area (Å²) in [6.45, 7) is -0.152. The Balaban J connectivity index is 1.86. The molecule has 3 rings (SSSR count). The van der Waals surface area contributed by atoms with Gasteiger partial charge in [-0.1, -0.05) is 0 Å². The Hall–Kier alpha value is -2.71. The Morgan fingerprint density at radius 2 is 1.95 bits per heavy atom. The molecule has 0 atom stereocenters. The van der Waals surface area contributed by atoms with Crippen molar-refractivity contribution in [3.63, 3.8) is 0 Å². The molecule has 2 aromatic heterocycles. The molecule has 22 heavy (non-hydrogen) atoms. The van der Waals surface area contributed by atoms with E-state index in [0.717, 1.165) is 12.1 Å². The van der Waals surface area contributed by atoms with Crippen LogP contribution >= 0.6 is 0 Å². The quantitative estimate of drug-likeness (QED) is 0.729. The lowest BCUT2D eigenvalue weighted by molar-refractivity contribution is -0.137. The molecule has 0 radical (unpaired) electrons.